The monoisotopic (exact) mass is 319 g/mol. The lowest BCUT2D eigenvalue weighted by atomic mass is 10.1. The lowest BCUT2D eigenvalue weighted by Crippen LogP contribution is -2.34. The molecule has 0 heterocycles. The van der Waals surface area contributed by atoms with Crippen molar-refractivity contribution in [3.8, 4) is 0 Å². The van der Waals surface area contributed by atoms with Crippen LogP contribution in [0.2, 0.25) is 0 Å². The second-order valence-corrected chi connectivity index (χ2v) is 6.94. The van der Waals surface area contributed by atoms with Gasteiger partial charge in [0.1, 0.15) is 0 Å². The summed E-state index contributed by atoms with van der Waals surface area (Å²) in [6.07, 6.45) is 9.81. The van der Waals surface area contributed by atoms with E-state index in [0.29, 0.717) is 6.04 Å². The Morgan fingerprint density at radius 3 is 1.72 bits per heavy atom. The summed E-state index contributed by atoms with van der Waals surface area (Å²) in [7, 11) is 0. The SMILES string of the molecule is CC(C)CN(CCCCCCCCCBr)C(C)C. The molecule has 0 saturated carbocycles. The Labute approximate surface area is 124 Å². The number of hydrogen-bond donors (Lipinski definition) is 0. The predicted molar refractivity (Wildman–Crippen MR) is 87.7 cm³/mol. The van der Waals surface area contributed by atoms with Gasteiger partial charge in [0.05, 0.1) is 0 Å². The van der Waals surface area contributed by atoms with E-state index in [4.69, 9.17) is 0 Å². The molecule has 1 nitrogen and oxygen atoms in total. The molecule has 0 aromatic carbocycles. The minimum Gasteiger partial charge on any atom is -0.301 e. The fraction of sp³-hybridized carbons (Fsp3) is 1.00. The molecular formula is C16H34BrN. The van der Waals surface area contributed by atoms with Gasteiger partial charge >= 0.3 is 0 Å². The van der Waals surface area contributed by atoms with E-state index in [-0.39, 0.29) is 0 Å². The van der Waals surface area contributed by atoms with Crippen molar-refractivity contribution in [2.45, 2.75) is 78.7 Å². The van der Waals surface area contributed by atoms with E-state index in [1.165, 1.54) is 63.4 Å². The molecule has 0 aromatic rings. The molecule has 0 fully saturated rings. The van der Waals surface area contributed by atoms with Crippen LogP contribution in [0.15, 0.2) is 0 Å². The zero-order valence-electron chi connectivity index (χ0n) is 13.1. The largest absolute Gasteiger partial charge is 0.301 e. The summed E-state index contributed by atoms with van der Waals surface area (Å²) in [4.78, 5) is 2.63. The molecular weight excluding hydrogens is 286 g/mol. The van der Waals surface area contributed by atoms with Crippen molar-refractivity contribution < 1.29 is 0 Å². The molecule has 0 aliphatic rings. The molecule has 0 amide bonds. The molecule has 18 heavy (non-hydrogen) atoms. The molecule has 0 atom stereocenters. The lowest BCUT2D eigenvalue weighted by molar-refractivity contribution is 0.193. The Morgan fingerprint density at radius 1 is 0.778 bits per heavy atom. The maximum atomic E-state index is 3.49. The van der Waals surface area contributed by atoms with Crippen molar-refractivity contribution in [2.24, 2.45) is 5.92 Å². The first kappa shape index (κ1) is 18.4. The van der Waals surface area contributed by atoms with Gasteiger partial charge in [0.2, 0.25) is 0 Å². The summed E-state index contributed by atoms with van der Waals surface area (Å²) >= 11 is 3.49. The van der Waals surface area contributed by atoms with Gasteiger partial charge in [-0.25, -0.2) is 0 Å². The first-order valence-electron chi connectivity index (χ1n) is 7.88. The highest BCUT2D eigenvalue weighted by molar-refractivity contribution is 9.09. The minimum absolute atomic E-state index is 0.700. The van der Waals surface area contributed by atoms with E-state index in [2.05, 4.69) is 48.5 Å². The van der Waals surface area contributed by atoms with Crippen LogP contribution >= 0.6 is 15.9 Å². The average molecular weight is 320 g/mol. The van der Waals surface area contributed by atoms with Crippen LogP contribution in [0, 0.1) is 5.92 Å². The van der Waals surface area contributed by atoms with E-state index in [1.807, 2.05) is 0 Å². The van der Waals surface area contributed by atoms with E-state index >= 15 is 0 Å². The molecule has 0 aromatic heterocycles. The third-order valence-electron chi connectivity index (χ3n) is 3.41. The summed E-state index contributed by atoms with van der Waals surface area (Å²) in [5.74, 6) is 0.789. The molecule has 0 N–H and O–H groups in total. The van der Waals surface area contributed by atoms with Gasteiger partial charge in [-0.05, 0) is 39.2 Å². The molecule has 0 bridgehead atoms. The third kappa shape index (κ3) is 11.5. The maximum absolute atomic E-state index is 3.49. The highest BCUT2D eigenvalue weighted by Gasteiger charge is 2.10. The highest BCUT2D eigenvalue weighted by Crippen LogP contribution is 2.10. The van der Waals surface area contributed by atoms with Crippen molar-refractivity contribution in [1.29, 1.82) is 0 Å². The fourth-order valence-electron chi connectivity index (χ4n) is 2.32. The Morgan fingerprint density at radius 2 is 1.28 bits per heavy atom. The van der Waals surface area contributed by atoms with Crippen LogP contribution in [0.1, 0.15) is 72.6 Å². The van der Waals surface area contributed by atoms with Crippen LogP contribution in [0.5, 0.6) is 0 Å². The van der Waals surface area contributed by atoms with Gasteiger partial charge < -0.3 is 4.90 Å². The topological polar surface area (TPSA) is 3.24 Å². The van der Waals surface area contributed by atoms with Crippen LogP contribution < -0.4 is 0 Å². The molecule has 0 unspecified atom stereocenters. The van der Waals surface area contributed by atoms with E-state index in [9.17, 15) is 0 Å². The number of halogens is 1. The van der Waals surface area contributed by atoms with Gasteiger partial charge in [-0.15, -0.1) is 0 Å². The average Bonchev–Trinajstić information content (AvgIpc) is 2.30. The number of rotatable bonds is 12. The summed E-state index contributed by atoms with van der Waals surface area (Å²) in [6.45, 7) is 11.8. The molecule has 110 valence electrons. The molecule has 0 aliphatic carbocycles. The van der Waals surface area contributed by atoms with Gasteiger partial charge in [0, 0.05) is 17.9 Å². The first-order valence-corrected chi connectivity index (χ1v) is 9.00. The summed E-state index contributed by atoms with van der Waals surface area (Å²) in [5.41, 5.74) is 0. The second-order valence-electron chi connectivity index (χ2n) is 6.15. The Kier molecular flexibility index (Phi) is 12.8. The summed E-state index contributed by atoms with van der Waals surface area (Å²) in [6, 6.07) is 0.700. The van der Waals surface area contributed by atoms with Crippen molar-refractivity contribution in [2.75, 3.05) is 18.4 Å². The van der Waals surface area contributed by atoms with Crippen molar-refractivity contribution in [3.63, 3.8) is 0 Å². The van der Waals surface area contributed by atoms with Crippen LogP contribution in [0.4, 0.5) is 0 Å². The van der Waals surface area contributed by atoms with Gasteiger partial charge in [-0.1, -0.05) is 61.9 Å². The van der Waals surface area contributed by atoms with E-state index in [0.717, 1.165) is 5.92 Å². The Bertz CT molecular complexity index is 168. The molecule has 0 rings (SSSR count). The Hall–Kier alpha value is 0.440. The molecule has 2 heteroatoms. The molecule has 0 spiro atoms. The summed E-state index contributed by atoms with van der Waals surface area (Å²) in [5, 5.41) is 1.17. The smallest absolute Gasteiger partial charge is 0.00387 e. The Balaban J connectivity index is 3.44. The first-order chi connectivity index (χ1) is 8.57. The number of nitrogens with zero attached hydrogens (tertiary/aromatic N) is 1. The van der Waals surface area contributed by atoms with Crippen LogP contribution in [0.25, 0.3) is 0 Å². The second kappa shape index (κ2) is 12.5. The van der Waals surface area contributed by atoms with Crippen LogP contribution in [-0.2, 0) is 0 Å². The quantitative estimate of drug-likeness (QED) is 0.340. The zero-order chi connectivity index (χ0) is 13.8. The summed E-state index contributed by atoms with van der Waals surface area (Å²) < 4.78 is 0. The van der Waals surface area contributed by atoms with Crippen molar-refractivity contribution in [1.82, 2.24) is 4.90 Å². The number of hydrogen-bond acceptors (Lipinski definition) is 1. The normalized spacial score (nSPS) is 12.0. The predicted octanol–water partition coefficient (Wildman–Crippen LogP) is 5.48. The zero-order valence-corrected chi connectivity index (χ0v) is 14.6. The molecule has 0 radical (unpaired) electrons. The molecule has 0 saturated heterocycles. The van der Waals surface area contributed by atoms with E-state index < -0.39 is 0 Å². The lowest BCUT2D eigenvalue weighted by Gasteiger charge is -2.28. The van der Waals surface area contributed by atoms with Crippen LogP contribution in [-0.4, -0.2) is 29.4 Å². The molecule has 0 aliphatic heterocycles. The third-order valence-corrected chi connectivity index (χ3v) is 3.97. The van der Waals surface area contributed by atoms with Gasteiger partial charge in [0.25, 0.3) is 0 Å². The maximum Gasteiger partial charge on any atom is 0.00387 e. The highest BCUT2D eigenvalue weighted by atomic mass is 79.9. The van der Waals surface area contributed by atoms with Gasteiger partial charge in [-0.2, -0.15) is 0 Å². The number of alkyl halides is 1. The van der Waals surface area contributed by atoms with Gasteiger partial charge in [0.15, 0.2) is 0 Å². The van der Waals surface area contributed by atoms with Gasteiger partial charge in [-0.3, -0.25) is 0 Å². The fourth-order valence-corrected chi connectivity index (χ4v) is 2.72. The van der Waals surface area contributed by atoms with Crippen molar-refractivity contribution in [3.05, 3.63) is 0 Å². The van der Waals surface area contributed by atoms with Crippen LogP contribution in [0.3, 0.4) is 0 Å². The minimum atomic E-state index is 0.700. The number of unbranched alkanes of at least 4 members (excludes halogenated alkanes) is 6. The van der Waals surface area contributed by atoms with Crippen molar-refractivity contribution >= 4 is 15.9 Å². The standard InChI is InChI=1S/C16H34BrN/c1-15(2)14-18(16(3)4)13-11-9-7-5-6-8-10-12-17/h15-16H,5-14H2,1-4H3. The van der Waals surface area contributed by atoms with E-state index in [1.54, 1.807) is 0 Å².